The number of hydrogen-bond acceptors (Lipinski definition) is 5. The third-order valence-corrected chi connectivity index (χ3v) is 6.09. The molecule has 0 radical (unpaired) electrons. The van der Waals surface area contributed by atoms with Crippen LogP contribution in [0.1, 0.15) is 29.8 Å². The number of nitrogens with zero attached hydrogens (tertiary/aromatic N) is 2. The molecule has 0 bridgehead atoms. The molecule has 0 fully saturated rings. The molecular weight excluding hydrogens is 407 g/mol. The van der Waals surface area contributed by atoms with Gasteiger partial charge in [0.25, 0.3) is 0 Å². The van der Waals surface area contributed by atoms with Gasteiger partial charge >= 0.3 is 0 Å². The SMILES string of the molecule is CCCN(CC(=O)N1CCc2sccc2C1COc1ccccc1F)C(=O)COC. The highest BCUT2D eigenvalue weighted by Gasteiger charge is 2.33. The zero-order valence-corrected chi connectivity index (χ0v) is 18.1. The van der Waals surface area contributed by atoms with Crippen molar-refractivity contribution in [3.63, 3.8) is 0 Å². The van der Waals surface area contributed by atoms with Crippen LogP contribution in [0.15, 0.2) is 35.7 Å². The number of hydrogen-bond donors (Lipinski definition) is 0. The zero-order chi connectivity index (χ0) is 21.5. The van der Waals surface area contributed by atoms with Crippen molar-refractivity contribution < 1.29 is 23.5 Å². The van der Waals surface area contributed by atoms with Gasteiger partial charge < -0.3 is 19.3 Å². The number of para-hydroxylation sites is 1. The number of ether oxygens (including phenoxy) is 2. The molecule has 8 heteroatoms. The quantitative estimate of drug-likeness (QED) is 0.608. The molecule has 0 saturated carbocycles. The minimum Gasteiger partial charge on any atom is -0.488 e. The summed E-state index contributed by atoms with van der Waals surface area (Å²) in [6.07, 6.45) is 1.51. The average Bonchev–Trinajstić information content (AvgIpc) is 3.22. The fraction of sp³-hybridized carbons (Fsp3) is 0.455. The summed E-state index contributed by atoms with van der Waals surface area (Å²) < 4.78 is 24.7. The highest BCUT2D eigenvalue weighted by Crippen LogP contribution is 2.34. The molecule has 1 aliphatic rings. The lowest BCUT2D eigenvalue weighted by molar-refractivity contribution is -0.144. The van der Waals surface area contributed by atoms with E-state index in [1.54, 1.807) is 34.4 Å². The maximum Gasteiger partial charge on any atom is 0.249 e. The fourth-order valence-corrected chi connectivity index (χ4v) is 4.56. The van der Waals surface area contributed by atoms with Crippen LogP contribution in [0, 0.1) is 5.82 Å². The Morgan fingerprint density at radius 2 is 2.10 bits per heavy atom. The molecule has 2 aromatic rings. The molecule has 3 rings (SSSR count). The summed E-state index contributed by atoms with van der Waals surface area (Å²) in [4.78, 5) is 30.0. The number of methoxy groups -OCH3 is 1. The summed E-state index contributed by atoms with van der Waals surface area (Å²) in [5.41, 5.74) is 1.03. The van der Waals surface area contributed by atoms with Crippen molar-refractivity contribution in [3.8, 4) is 5.75 Å². The molecule has 1 unspecified atom stereocenters. The highest BCUT2D eigenvalue weighted by molar-refractivity contribution is 7.10. The molecule has 1 aromatic carbocycles. The first-order chi connectivity index (χ1) is 14.5. The molecule has 1 aliphatic heterocycles. The predicted octanol–water partition coefficient (Wildman–Crippen LogP) is 3.28. The van der Waals surface area contributed by atoms with E-state index in [0.29, 0.717) is 13.1 Å². The van der Waals surface area contributed by atoms with Crippen LogP contribution in [-0.2, 0) is 20.7 Å². The van der Waals surface area contributed by atoms with E-state index in [1.807, 2.05) is 18.4 Å². The molecule has 6 nitrogen and oxygen atoms in total. The van der Waals surface area contributed by atoms with Gasteiger partial charge in [-0.3, -0.25) is 9.59 Å². The molecule has 0 saturated heterocycles. The number of halogens is 1. The van der Waals surface area contributed by atoms with E-state index in [-0.39, 0.29) is 43.4 Å². The van der Waals surface area contributed by atoms with Crippen molar-refractivity contribution in [3.05, 3.63) is 52.0 Å². The molecule has 0 aliphatic carbocycles. The summed E-state index contributed by atoms with van der Waals surface area (Å²) >= 11 is 1.65. The van der Waals surface area contributed by atoms with E-state index in [0.717, 1.165) is 18.4 Å². The van der Waals surface area contributed by atoms with Crippen molar-refractivity contribution in [2.75, 3.05) is 40.0 Å². The van der Waals surface area contributed by atoms with Crippen LogP contribution in [-0.4, -0.2) is 61.6 Å². The molecule has 162 valence electrons. The van der Waals surface area contributed by atoms with Gasteiger partial charge in [0.1, 0.15) is 13.2 Å². The third kappa shape index (κ3) is 5.17. The largest absolute Gasteiger partial charge is 0.488 e. The Balaban J connectivity index is 1.76. The topological polar surface area (TPSA) is 59.1 Å². The summed E-state index contributed by atoms with van der Waals surface area (Å²) in [5, 5.41) is 2.00. The maximum atomic E-state index is 14.0. The normalized spacial score (nSPS) is 15.6. The molecule has 2 heterocycles. The Morgan fingerprint density at radius 3 is 2.83 bits per heavy atom. The smallest absolute Gasteiger partial charge is 0.249 e. The van der Waals surface area contributed by atoms with Crippen LogP contribution in [0.25, 0.3) is 0 Å². The van der Waals surface area contributed by atoms with Gasteiger partial charge in [-0.2, -0.15) is 0 Å². The van der Waals surface area contributed by atoms with Crippen molar-refractivity contribution in [1.29, 1.82) is 0 Å². The fourth-order valence-electron chi connectivity index (χ4n) is 3.64. The van der Waals surface area contributed by atoms with Crippen molar-refractivity contribution in [2.45, 2.75) is 25.8 Å². The Morgan fingerprint density at radius 1 is 1.30 bits per heavy atom. The molecule has 30 heavy (non-hydrogen) atoms. The number of benzene rings is 1. The van der Waals surface area contributed by atoms with Gasteiger partial charge in [-0.15, -0.1) is 11.3 Å². The van der Waals surface area contributed by atoms with Gasteiger partial charge in [-0.25, -0.2) is 4.39 Å². The molecule has 0 spiro atoms. The summed E-state index contributed by atoms with van der Waals surface area (Å²) in [6, 6.07) is 7.91. The average molecular weight is 435 g/mol. The lowest BCUT2D eigenvalue weighted by Crippen LogP contribution is -2.48. The highest BCUT2D eigenvalue weighted by atomic mass is 32.1. The Bertz CT molecular complexity index is 872. The summed E-state index contributed by atoms with van der Waals surface area (Å²) in [5.74, 6) is -0.627. The minimum atomic E-state index is -0.434. The van der Waals surface area contributed by atoms with Gasteiger partial charge in [-0.05, 0) is 42.0 Å². The Kier molecular flexibility index (Phi) is 7.81. The van der Waals surface area contributed by atoms with Crippen molar-refractivity contribution in [1.82, 2.24) is 9.80 Å². The van der Waals surface area contributed by atoms with Crippen LogP contribution < -0.4 is 4.74 Å². The molecular formula is C22H27FN2O4S. The van der Waals surface area contributed by atoms with Gasteiger partial charge in [0.05, 0.1) is 12.6 Å². The van der Waals surface area contributed by atoms with Crippen LogP contribution in [0.5, 0.6) is 5.75 Å². The van der Waals surface area contributed by atoms with Crippen LogP contribution in [0.4, 0.5) is 4.39 Å². The van der Waals surface area contributed by atoms with Crippen LogP contribution in [0.2, 0.25) is 0 Å². The van der Waals surface area contributed by atoms with E-state index in [4.69, 9.17) is 9.47 Å². The minimum absolute atomic E-state index is 0.00823. The third-order valence-electron chi connectivity index (χ3n) is 5.09. The Labute approximate surface area is 180 Å². The van der Waals surface area contributed by atoms with Crippen molar-refractivity contribution >= 4 is 23.2 Å². The number of carbonyl (C=O) groups excluding carboxylic acids is 2. The van der Waals surface area contributed by atoms with E-state index < -0.39 is 5.82 Å². The molecule has 1 atom stereocenters. The lowest BCUT2D eigenvalue weighted by Gasteiger charge is -2.37. The first-order valence-corrected chi connectivity index (χ1v) is 10.9. The first kappa shape index (κ1) is 22.2. The second-order valence-corrected chi connectivity index (χ2v) is 8.14. The van der Waals surface area contributed by atoms with Gasteiger partial charge in [-0.1, -0.05) is 19.1 Å². The molecule has 1 aromatic heterocycles. The van der Waals surface area contributed by atoms with E-state index in [1.165, 1.54) is 23.0 Å². The van der Waals surface area contributed by atoms with Crippen LogP contribution >= 0.6 is 11.3 Å². The standard InChI is InChI=1S/C22H27FN2O4S/c1-3-10-24(22(27)15-28-2)13-21(26)25-11-8-20-16(9-12-30-20)18(25)14-29-19-7-5-4-6-17(19)23/h4-7,9,12,18H,3,8,10-11,13-15H2,1-2H3. The second kappa shape index (κ2) is 10.5. The Hall–Kier alpha value is -2.45. The maximum absolute atomic E-state index is 14.0. The first-order valence-electron chi connectivity index (χ1n) is 10.0. The molecule has 2 amide bonds. The number of rotatable bonds is 9. The summed E-state index contributed by atoms with van der Waals surface area (Å²) in [6.45, 7) is 3.07. The van der Waals surface area contributed by atoms with Crippen molar-refractivity contribution in [2.24, 2.45) is 0 Å². The van der Waals surface area contributed by atoms with Gasteiger partial charge in [0.15, 0.2) is 11.6 Å². The second-order valence-electron chi connectivity index (χ2n) is 7.14. The van der Waals surface area contributed by atoms with E-state index in [9.17, 15) is 14.0 Å². The summed E-state index contributed by atoms with van der Waals surface area (Å²) in [7, 11) is 1.46. The number of carbonyl (C=O) groups is 2. The monoisotopic (exact) mass is 434 g/mol. The van der Waals surface area contributed by atoms with E-state index >= 15 is 0 Å². The van der Waals surface area contributed by atoms with Gasteiger partial charge in [0, 0.05) is 25.1 Å². The van der Waals surface area contributed by atoms with Gasteiger partial charge in [0.2, 0.25) is 11.8 Å². The van der Waals surface area contributed by atoms with E-state index in [2.05, 4.69) is 0 Å². The number of amides is 2. The zero-order valence-electron chi connectivity index (χ0n) is 17.3. The number of fused-ring (bicyclic) bond motifs is 1. The van der Waals surface area contributed by atoms with Crippen LogP contribution in [0.3, 0.4) is 0 Å². The number of thiophene rings is 1. The lowest BCUT2D eigenvalue weighted by atomic mass is 10.0. The molecule has 0 N–H and O–H groups in total. The predicted molar refractivity (Wildman–Crippen MR) is 113 cm³/mol.